The zero-order valence-corrected chi connectivity index (χ0v) is 14.9. The maximum absolute atomic E-state index is 13.4. The number of ketones is 1. The monoisotopic (exact) mass is 373 g/mol. The van der Waals surface area contributed by atoms with E-state index in [9.17, 15) is 18.8 Å². The number of carbonyl (C=O) groups excluding carboxylic acids is 3. The summed E-state index contributed by atoms with van der Waals surface area (Å²) in [5, 5.41) is 2.55. The average molecular weight is 373 g/mol. The Bertz CT molecular complexity index is 804. The summed E-state index contributed by atoms with van der Waals surface area (Å²) in [6.45, 7) is 0.885. The lowest BCUT2D eigenvalue weighted by molar-refractivity contribution is -0.150. The van der Waals surface area contributed by atoms with Gasteiger partial charge in [0.1, 0.15) is 11.6 Å². The summed E-state index contributed by atoms with van der Waals surface area (Å²) in [7, 11) is 0. The molecule has 1 N–H and O–H groups in total. The Morgan fingerprint density at radius 2 is 1.70 bits per heavy atom. The van der Waals surface area contributed by atoms with Crippen LogP contribution in [-0.4, -0.2) is 37.4 Å². The third-order valence-corrected chi connectivity index (χ3v) is 3.66. The first-order chi connectivity index (χ1) is 13.0. The maximum atomic E-state index is 13.4. The molecule has 0 saturated heterocycles. The van der Waals surface area contributed by atoms with E-state index in [4.69, 9.17) is 9.47 Å². The van der Waals surface area contributed by atoms with Crippen LogP contribution < -0.4 is 10.1 Å². The number of nitrogens with one attached hydrogen (secondary N) is 1. The molecule has 0 aliphatic carbocycles. The fraction of sp³-hybridized carbons (Fsp3) is 0.250. The highest BCUT2D eigenvalue weighted by Crippen LogP contribution is 2.12. The van der Waals surface area contributed by atoms with Gasteiger partial charge >= 0.3 is 5.97 Å². The van der Waals surface area contributed by atoms with Crippen LogP contribution in [0.2, 0.25) is 0 Å². The highest BCUT2D eigenvalue weighted by molar-refractivity contribution is 5.94. The highest BCUT2D eigenvalue weighted by Gasteiger charge is 2.09. The van der Waals surface area contributed by atoms with Crippen LogP contribution in [0.15, 0.2) is 48.5 Å². The Morgan fingerprint density at radius 3 is 2.37 bits per heavy atom. The summed E-state index contributed by atoms with van der Waals surface area (Å²) in [6.07, 6.45) is 0.339. The summed E-state index contributed by atoms with van der Waals surface area (Å²) in [5.41, 5.74) is 1.04. The number of esters is 1. The molecule has 2 rings (SSSR count). The largest absolute Gasteiger partial charge is 0.482 e. The first-order valence-corrected chi connectivity index (χ1v) is 8.35. The molecule has 0 aliphatic rings. The predicted octanol–water partition coefficient (Wildman–Crippen LogP) is 2.31. The van der Waals surface area contributed by atoms with Gasteiger partial charge in [-0.1, -0.05) is 18.2 Å². The van der Waals surface area contributed by atoms with Gasteiger partial charge in [0.2, 0.25) is 0 Å². The summed E-state index contributed by atoms with van der Waals surface area (Å²) < 4.78 is 23.5. The Hall–Kier alpha value is -3.22. The number of hydrogen-bond donors (Lipinski definition) is 1. The Kier molecular flexibility index (Phi) is 7.49. The molecule has 0 unspecified atom stereocenters. The van der Waals surface area contributed by atoms with Gasteiger partial charge in [-0.25, -0.2) is 9.18 Å². The molecular formula is C20H20FNO5. The molecule has 0 radical (unpaired) electrons. The SMILES string of the molecule is CC(=O)c1ccc(OCC(=O)OCC(=O)NCCc2ccccc2F)cc1. The van der Waals surface area contributed by atoms with Crippen LogP contribution in [0.1, 0.15) is 22.8 Å². The minimum atomic E-state index is -0.699. The van der Waals surface area contributed by atoms with Crippen LogP contribution in [0.25, 0.3) is 0 Å². The van der Waals surface area contributed by atoms with Gasteiger partial charge in [-0.05, 0) is 49.2 Å². The first kappa shape index (κ1) is 20.1. The minimum Gasteiger partial charge on any atom is -0.482 e. The Labute approximate surface area is 156 Å². The van der Waals surface area contributed by atoms with Gasteiger partial charge in [0, 0.05) is 12.1 Å². The van der Waals surface area contributed by atoms with Gasteiger partial charge in [0.05, 0.1) is 0 Å². The normalized spacial score (nSPS) is 10.1. The molecular weight excluding hydrogens is 353 g/mol. The topological polar surface area (TPSA) is 81.7 Å². The maximum Gasteiger partial charge on any atom is 0.344 e. The zero-order valence-electron chi connectivity index (χ0n) is 14.9. The van der Waals surface area contributed by atoms with E-state index >= 15 is 0 Å². The van der Waals surface area contributed by atoms with E-state index in [0.717, 1.165) is 0 Å². The van der Waals surface area contributed by atoms with Gasteiger partial charge in [-0.3, -0.25) is 9.59 Å². The van der Waals surface area contributed by atoms with Crippen molar-refractivity contribution < 1.29 is 28.2 Å². The molecule has 7 heteroatoms. The van der Waals surface area contributed by atoms with Crippen molar-refractivity contribution in [2.45, 2.75) is 13.3 Å². The van der Waals surface area contributed by atoms with E-state index in [-0.39, 0.29) is 24.8 Å². The van der Waals surface area contributed by atoms with Gasteiger partial charge in [-0.15, -0.1) is 0 Å². The van der Waals surface area contributed by atoms with E-state index in [0.29, 0.717) is 23.3 Å². The summed E-state index contributed by atoms with van der Waals surface area (Å²) in [6, 6.07) is 12.6. The molecule has 0 aromatic heterocycles. The molecule has 1 amide bonds. The highest BCUT2D eigenvalue weighted by atomic mass is 19.1. The number of ether oxygens (including phenoxy) is 2. The molecule has 0 heterocycles. The van der Waals surface area contributed by atoms with E-state index in [1.165, 1.54) is 13.0 Å². The third kappa shape index (κ3) is 6.89. The number of hydrogen-bond acceptors (Lipinski definition) is 5. The van der Waals surface area contributed by atoms with E-state index in [2.05, 4.69) is 5.32 Å². The van der Waals surface area contributed by atoms with Gasteiger partial charge in [0.25, 0.3) is 5.91 Å². The molecule has 0 fully saturated rings. The number of carbonyl (C=O) groups is 3. The van der Waals surface area contributed by atoms with E-state index in [1.54, 1.807) is 42.5 Å². The molecule has 0 bridgehead atoms. The zero-order chi connectivity index (χ0) is 19.6. The molecule has 142 valence electrons. The first-order valence-electron chi connectivity index (χ1n) is 8.35. The van der Waals surface area contributed by atoms with Crippen molar-refractivity contribution >= 4 is 17.7 Å². The number of rotatable bonds is 9. The molecule has 0 spiro atoms. The van der Waals surface area contributed by atoms with Crippen molar-refractivity contribution in [3.05, 3.63) is 65.5 Å². The molecule has 0 saturated carbocycles. The van der Waals surface area contributed by atoms with Crippen LogP contribution in [0.4, 0.5) is 4.39 Å². The Balaban J connectivity index is 1.63. The van der Waals surface area contributed by atoms with Crippen LogP contribution in [0.3, 0.4) is 0 Å². The molecule has 27 heavy (non-hydrogen) atoms. The van der Waals surface area contributed by atoms with Crippen molar-refractivity contribution in [3.8, 4) is 5.75 Å². The van der Waals surface area contributed by atoms with Crippen LogP contribution >= 0.6 is 0 Å². The smallest absolute Gasteiger partial charge is 0.344 e. The number of halogens is 1. The van der Waals surface area contributed by atoms with Gasteiger partial charge in [-0.2, -0.15) is 0 Å². The number of benzene rings is 2. The second-order valence-corrected chi connectivity index (χ2v) is 5.72. The second-order valence-electron chi connectivity index (χ2n) is 5.72. The molecule has 6 nitrogen and oxygen atoms in total. The number of amides is 1. The lowest BCUT2D eigenvalue weighted by atomic mass is 10.1. The third-order valence-electron chi connectivity index (χ3n) is 3.66. The second kappa shape index (κ2) is 10.1. The van der Waals surface area contributed by atoms with Crippen LogP contribution in [0.5, 0.6) is 5.75 Å². The van der Waals surface area contributed by atoms with Crippen LogP contribution in [-0.2, 0) is 20.7 Å². The molecule has 0 aliphatic heterocycles. The standard InChI is InChI=1S/C20H20FNO5/c1-14(23)15-6-8-17(9-7-15)26-13-20(25)27-12-19(24)22-11-10-16-4-2-3-5-18(16)21/h2-9H,10-13H2,1H3,(H,22,24). The minimum absolute atomic E-state index is 0.0676. The summed E-state index contributed by atoms with van der Waals surface area (Å²) in [4.78, 5) is 34.4. The van der Waals surface area contributed by atoms with Gasteiger partial charge < -0.3 is 14.8 Å². The molecule has 0 atom stereocenters. The summed E-state index contributed by atoms with van der Waals surface area (Å²) in [5.74, 6) is -1.17. The van der Waals surface area contributed by atoms with Crippen molar-refractivity contribution in [1.29, 1.82) is 0 Å². The molecule has 2 aromatic carbocycles. The van der Waals surface area contributed by atoms with E-state index in [1.807, 2.05) is 0 Å². The van der Waals surface area contributed by atoms with Crippen molar-refractivity contribution in [3.63, 3.8) is 0 Å². The fourth-order valence-electron chi connectivity index (χ4n) is 2.20. The fourth-order valence-corrected chi connectivity index (χ4v) is 2.20. The van der Waals surface area contributed by atoms with Crippen molar-refractivity contribution in [2.75, 3.05) is 19.8 Å². The lowest BCUT2D eigenvalue weighted by Crippen LogP contribution is -2.31. The van der Waals surface area contributed by atoms with Gasteiger partial charge in [0.15, 0.2) is 19.0 Å². The predicted molar refractivity (Wildman–Crippen MR) is 96.0 cm³/mol. The van der Waals surface area contributed by atoms with E-state index < -0.39 is 18.5 Å². The number of Topliss-reactive ketones (excluding diaryl/α,β-unsaturated/α-hetero) is 1. The average Bonchev–Trinajstić information content (AvgIpc) is 2.66. The van der Waals surface area contributed by atoms with Crippen molar-refractivity contribution in [2.24, 2.45) is 0 Å². The molecule has 2 aromatic rings. The van der Waals surface area contributed by atoms with Crippen molar-refractivity contribution in [1.82, 2.24) is 5.32 Å². The van der Waals surface area contributed by atoms with Crippen LogP contribution in [0, 0.1) is 5.82 Å². The summed E-state index contributed by atoms with van der Waals surface area (Å²) >= 11 is 0. The lowest BCUT2D eigenvalue weighted by Gasteiger charge is -2.08. The Morgan fingerprint density at radius 1 is 1.00 bits per heavy atom. The quantitative estimate of drug-likeness (QED) is 0.539.